The highest BCUT2D eigenvalue weighted by molar-refractivity contribution is 5.34. The molecule has 0 unspecified atom stereocenters. The van der Waals surface area contributed by atoms with Crippen molar-refractivity contribution in [3.63, 3.8) is 0 Å². The normalized spacial score (nSPS) is 23.1. The molecule has 20 heavy (non-hydrogen) atoms. The third-order valence-corrected chi connectivity index (χ3v) is 4.70. The fraction of sp³-hybridized carbons (Fsp3) is 0.611. The summed E-state index contributed by atoms with van der Waals surface area (Å²) in [6.07, 6.45) is 6.82. The molecule has 0 amide bonds. The van der Waals surface area contributed by atoms with Crippen LogP contribution >= 0.6 is 0 Å². The standard InChI is InChI=1S/C18H25NO/c1-18(2,3)17-9-7-15(8-10-17)16-6-4-5-14(11-16)12-19-13-20/h4-6,11,15,17H,7-10,12H2,1-3H3. The van der Waals surface area contributed by atoms with Crippen LogP contribution in [0.25, 0.3) is 0 Å². The number of carbonyl (C=O) groups excluding carboxylic acids is 1. The van der Waals surface area contributed by atoms with Crippen LogP contribution in [-0.4, -0.2) is 6.08 Å². The Morgan fingerprint density at radius 2 is 1.90 bits per heavy atom. The summed E-state index contributed by atoms with van der Waals surface area (Å²) in [6.45, 7) is 7.52. The smallest absolute Gasteiger partial charge is 0.211 e. The molecule has 1 fully saturated rings. The molecule has 108 valence electrons. The van der Waals surface area contributed by atoms with Crippen molar-refractivity contribution < 1.29 is 4.79 Å². The van der Waals surface area contributed by atoms with Gasteiger partial charge in [0.2, 0.25) is 6.08 Å². The van der Waals surface area contributed by atoms with Crippen LogP contribution in [0.5, 0.6) is 0 Å². The van der Waals surface area contributed by atoms with Crippen molar-refractivity contribution in [1.29, 1.82) is 0 Å². The minimum atomic E-state index is 0.436. The summed E-state index contributed by atoms with van der Waals surface area (Å²) in [5, 5.41) is 0. The SMILES string of the molecule is CC(C)(C)C1CCC(c2cccc(CN=C=O)c2)CC1. The van der Waals surface area contributed by atoms with E-state index in [0.29, 0.717) is 17.9 Å². The van der Waals surface area contributed by atoms with Gasteiger partial charge in [-0.1, -0.05) is 45.0 Å². The van der Waals surface area contributed by atoms with Crippen LogP contribution in [0.3, 0.4) is 0 Å². The van der Waals surface area contributed by atoms with Gasteiger partial charge in [-0.15, -0.1) is 0 Å². The first kappa shape index (κ1) is 15.0. The molecule has 0 saturated heterocycles. The maximum Gasteiger partial charge on any atom is 0.235 e. The summed E-state index contributed by atoms with van der Waals surface area (Å²) >= 11 is 0. The Morgan fingerprint density at radius 3 is 2.50 bits per heavy atom. The zero-order valence-corrected chi connectivity index (χ0v) is 12.9. The van der Waals surface area contributed by atoms with Gasteiger partial charge in [-0.2, -0.15) is 0 Å². The van der Waals surface area contributed by atoms with Gasteiger partial charge in [-0.3, -0.25) is 0 Å². The summed E-state index contributed by atoms with van der Waals surface area (Å²) in [5.41, 5.74) is 2.96. The molecule has 0 aliphatic heterocycles. The molecule has 1 aromatic rings. The molecule has 2 heteroatoms. The van der Waals surface area contributed by atoms with E-state index in [4.69, 9.17) is 0 Å². The van der Waals surface area contributed by atoms with Gasteiger partial charge in [0.1, 0.15) is 0 Å². The Kier molecular flexibility index (Phi) is 4.77. The molecule has 0 radical (unpaired) electrons. The van der Waals surface area contributed by atoms with E-state index in [1.54, 1.807) is 6.08 Å². The van der Waals surface area contributed by atoms with Gasteiger partial charge >= 0.3 is 0 Å². The Bertz CT molecular complexity index is 486. The summed E-state index contributed by atoms with van der Waals surface area (Å²) in [6, 6.07) is 8.55. The number of rotatable bonds is 3. The van der Waals surface area contributed by atoms with Gasteiger partial charge in [0.05, 0.1) is 6.54 Å². The first-order chi connectivity index (χ1) is 9.50. The maximum absolute atomic E-state index is 10.2. The van der Waals surface area contributed by atoms with Crippen molar-refractivity contribution in [2.45, 2.75) is 58.9 Å². The summed E-state index contributed by atoms with van der Waals surface area (Å²) in [7, 11) is 0. The van der Waals surface area contributed by atoms with Crippen LogP contribution in [0.15, 0.2) is 29.3 Å². The predicted octanol–water partition coefficient (Wildman–Crippen LogP) is 4.84. The van der Waals surface area contributed by atoms with Crippen LogP contribution < -0.4 is 0 Å². The highest BCUT2D eigenvalue weighted by Gasteiger charge is 2.30. The molecule has 0 heterocycles. The average Bonchev–Trinajstić information content (AvgIpc) is 2.45. The third kappa shape index (κ3) is 3.80. The first-order valence-corrected chi connectivity index (χ1v) is 7.63. The van der Waals surface area contributed by atoms with Gasteiger partial charge in [0, 0.05) is 0 Å². The van der Waals surface area contributed by atoms with Crippen LogP contribution in [0.2, 0.25) is 0 Å². The molecule has 1 aromatic carbocycles. The molecule has 0 aromatic heterocycles. The Morgan fingerprint density at radius 1 is 1.20 bits per heavy atom. The van der Waals surface area contributed by atoms with Crippen molar-refractivity contribution in [2.24, 2.45) is 16.3 Å². The molecule has 1 saturated carbocycles. The molecule has 0 atom stereocenters. The lowest BCUT2D eigenvalue weighted by Gasteiger charge is -2.37. The number of benzene rings is 1. The van der Waals surface area contributed by atoms with Gasteiger partial charge in [0.25, 0.3) is 0 Å². The summed E-state index contributed by atoms with van der Waals surface area (Å²) in [5.74, 6) is 1.52. The van der Waals surface area contributed by atoms with Crippen molar-refractivity contribution in [2.75, 3.05) is 0 Å². The highest BCUT2D eigenvalue weighted by atomic mass is 16.1. The monoisotopic (exact) mass is 271 g/mol. The minimum Gasteiger partial charge on any atom is -0.211 e. The van der Waals surface area contributed by atoms with E-state index >= 15 is 0 Å². The number of hydrogen-bond donors (Lipinski definition) is 0. The van der Waals surface area contributed by atoms with Crippen molar-refractivity contribution in [3.8, 4) is 0 Å². The lowest BCUT2D eigenvalue weighted by Crippen LogP contribution is -2.25. The van der Waals surface area contributed by atoms with E-state index in [-0.39, 0.29) is 0 Å². The number of isocyanates is 1. The molecule has 0 N–H and O–H groups in total. The van der Waals surface area contributed by atoms with Crippen LogP contribution in [0.1, 0.15) is 63.5 Å². The van der Waals surface area contributed by atoms with Crippen molar-refractivity contribution in [1.82, 2.24) is 0 Å². The zero-order valence-electron chi connectivity index (χ0n) is 12.9. The van der Waals surface area contributed by atoms with E-state index in [9.17, 15) is 4.79 Å². The van der Waals surface area contributed by atoms with Crippen LogP contribution in [-0.2, 0) is 11.3 Å². The average molecular weight is 271 g/mol. The maximum atomic E-state index is 10.2. The molecular weight excluding hydrogens is 246 g/mol. The van der Waals surface area contributed by atoms with Gasteiger partial charge in [-0.05, 0) is 54.1 Å². The van der Waals surface area contributed by atoms with E-state index in [1.807, 2.05) is 6.07 Å². The first-order valence-electron chi connectivity index (χ1n) is 7.63. The molecule has 0 spiro atoms. The number of aliphatic imine (C=N–C) groups is 1. The Balaban J connectivity index is 2.01. The van der Waals surface area contributed by atoms with Gasteiger partial charge in [-0.25, -0.2) is 9.79 Å². The van der Waals surface area contributed by atoms with Gasteiger partial charge < -0.3 is 0 Å². The fourth-order valence-corrected chi connectivity index (χ4v) is 3.36. The highest BCUT2D eigenvalue weighted by Crippen LogP contribution is 2.43. The largest absolute Gasteiger partial charge is 0.235 e. The second kappa shape index (κ2) is 6.37. The zero-order chi connectivity index (χ0) is 14.6. The third-order valence-electron chi connectivity index (χ3n) is 4.70. The van der Waals surface area contributed by atoms with Crippen molar-refractivity contribution >= 4 is 6.08 Å². The predicted molar refractivity (Wildman–Crippen MR) is 82.4 cm³/mol. The molecule has 1 aliphatic carbocycles. The number of hydrogen-bond acceptors (Lipinski definition) is 2. The topological polar surface area (TPSA) is 29.4 Å². The van der Waals surface area contributed by atoms with Gasteiger partial charge in [0.15, 0.2) is 0 Å². The molecule has 1 aliphatic rings. The lowest BCUT2D eigenvalue weighted by molar-refractivity contribution is 0.169. The molecule has 2 rings (SSSR count). The van der Waals surface area contributed by atoms with Crippen LogP contribution in [0, 0.1) is 11.3 Å². The molecule has 0 bridgehead atoms. The summed E-state index contributed by atoms with van der Waals surface area (Å²) < 4.78 is 0. The summed E-state index contributed by atoms with van der Waals surface area (Å²) in [4.78, 5) is 13.9. The lowest BCUT2D eigenvalue weighted by atomic mass is 9.68. The second-order valence-electron chi connectivity index (χ2n) is 7.07. The van der Waals surface area contributed by atoms with E-state index in [1.165, 1.54) is 31.2 Å². The Labute approximate surface area is 122 Å². The van der Waals surface area contributed by atoms with E-state index < -0.39 is 0 Å². The van der Waals surface area contributed by atoms with Crippen molar-refractivity contribution in [3.05, 3.63) is 35.4 Å². The minimum absolute atomic E-state index is 0.436. The van der Waals surface area contributed by atoms with Crippen LogP contribution in [0.4, 0.5) is 0 Å². The second-order valence-corrected chi connectivity index (χ2v) is 7.07. The van der Waals surface area contributed by atoms with E-state index in [2.05, 4.69) is 44.0 Å². The Hall–Kier alpha value is -1.40. The number of nitrogens with zero attached hydrogens (tertiary/aromatic N) is 1. The fourth-order valence-electron chi connectivity index (χ4n) is 3.36. The quantitative estimate of drug-likeness (QED) is 0.571. The van der Waals surface area contributed by atoms with E-state index in [0.717, 1.165) is 11.5 Å². The molecule has 2 nitrogen and oxygen atoms in total. The molecular formula is C18H25NO.